The van der Waals surface area contributed by atoms with E-state index < -0.39 is 39.7 Å². The summed E-state index contributed by atoms with van der Waals surface area (Å²) < 4.78 is 1.38. The van der Waals surface area contributed by atoms with E-state index in [4.69, 9.17) is 0 Å². The average molecular weight is 630 g/mol. The monoisotopic (exact) mass is 629 g/mol. The fourth-order valence-corrected chi connectivity index (χ4v) is 8.39. The number of anilines is 3. The molecule has 1 saturated heterocycles. The molecule has 0 unspecified atom stereocenters. The van der Waals surface area contributed by atoms with Gasteiger partial charge in [0, 0.05) is 48.4 Å². The molecule has 0 bridgehead atoms. The van der Waals surface area contributed by atoms with Crippen LogP contribution in [0, 0.1) is 23.0 Å². The van der Waals surface area contributed by atoms with Crippen LogP contribution in [-0.2, 0) is 20.9 Å². The Morgan fingerprint density at radius 3 is 2.30 bits per heavy atom. The van der Waals surface area contributed by atoms with Crippen molar-refractivity contribution in [2.24, 2.45) is 5.92 Å². The summed E-state index contributed by atoms with van der Waals surface area (Å²) in [6, 6.07) is 20.2. The second-order valence-corrected chi connectivity index (χ2v) is 12.9. The van der Waals surface area contributed by atoms with Crippen molar-refractivity contribution in [2.45, 2.75) is 29.7 Å². The minimum Gasteiger partial charge on any atom is -0.378 e. The molecule has 3 heterocycles. The molecule has 224 valence electrons. The number of carbonyl (C=O) groups is 3. The van der Waals surface area contributed by atoms with E-state index in [9.17, 15) is 29.3 Å². The van der Waals surface area contributed by atoms with Gasteiger partial charge in [-0.15, -0.1) is 0 Å². The van der Waals surface area contributed by atoms with Gasteiger partial charge in [-0.3, -0.25) is 33.9 Å². The van der Waals surface area contributed by atoms with Crippen LogP contribution in [0.5, 0.6) is 0 Å². The molecule has 1 N–H and O–H groups in total. The first-order valence-corrected chi connectivity index (χ1v) is 15.4. The topological polar surface area (TPSA) is 135 Å². The summed E-state index contributed by atoms with van der Waals surface area (Å²) in [7, 11) is 3.82. The highest BCUT2D eigenvalue weighted by atomic mass is 32.2. The van der Waals surface area contributed by atoms with Gasteiger partial charge in [-0.05, 0) is 48.4 Å². The minimum atomic E-state index is -0.872. The van der Waals surface area contributed by atoms with Crippen molar-refractivity contribution in [3.8, 4) is 0 Å². The molecule has 0 aliphatic carbocycles. The number of amides is 3. The molecule has 3 amide bonds. The third-order valence-electron chi connectivity index (χ3n) is 7.86. The molecule has 3 aromatic carbocycles. The van der Waals surface area contributed by atoms with Crippen molar-refractivity contribution in [2.75, 3.05) is 29.2 Å². The Kier molecular flexibility index (Phi) is 7.59. The zero-order valence-electron chi connectivity index (χ0n) is 23.9. The Morgan fingerprint density at radius 2 is 1.66 bits per heavy atom. The summed E-state index contributed by atoms with van der Waals surface area (Å²) in [5.74, 6) is -2.76. The van der Waals surface area contributed by atoms with Crippen LogP contribution < -0.4 is 20.0 Å². The molecule has 2 aliphatic rings. The van der Waals surface area contributed by atoms with E-state index in [1.165, 1.54) is 28.8 Å². The van der Waals surface area contributed by atoms with Crippen LogP contribution in [-0.4, -0.2) is 46.6 Å². The maximum Gasteiger partial charge on any atom is 0.308 e. The minimum absolute atomic E-state index is 0.159. The standard InChI is InChI=1S/C31H27N5O6S2/c1-17-6-4-5-7-22(17)32-23(37)16-34-30-27(44-31(34)40)24(18-8-10-19(11-9-18)33(2)3)25-26(43-30)29(39)35(28(25)38)20-12-14-21(15-13-20)36(41)42/h4-15,24-26H,16H2,1-3H3,(H,32,37)/t24-,25-,26+/m0/s1. The summed E-state index contributed by atoms with van der Waals surface area (Å²) in [4.78, 5) is 68.4. The lowest BCUT2D eigenvalue weighted by atomic mass is 9.83. The van der Waals surface area contributed by atoms with Gasteiger partial charge in [0.1, 0.15) is 11.8 Å². The fraction of sp³-hybridized carbons (Fsp3) is 0.226. The normalized spacial score (nSPS) is 19.0. The second kappa shape index (κ2) is 11.4. The van der Waals surface area contributed by atoms with Crippen LogP contribution in [0.2, 0.25) is 0 Å². The van der Waals surface area contributed by atoms with E-state index in [0.717, 1.165) is 44.8 Å². The number of hydrogen-bond acceptors (Lipinski definition) is 9. The van der Waals surface area contributed by atoms with Crippen LogP contribution >= 0.6 is 23.1 Å². The van der Waals surface area contributed by atoms with Crippen LogP contribution in [0.3, 0.4) is 0 Å². The number of benzene rings is 3. The Balaban J connectivity index is 1.41. The third-order valence-corrected chi connectivity index (χ3v) is 10.5. The molecule has 0 radical (unpaired) electrons. The Morgan fingerprint density at radius 1 is 0.977 bits per heavy atom. The number of rotatable bonds is 7. The van der Waals surface area contributed by atoms with Crippen molar-refractivity contribution in [3.63, 3.8) is 0 Å². The second-order valence-electron chi connectivity index (χ2n) is 10.8. The highest BCUT2D eigenvalue weighted by molar-refractivity contribution is 8.00. The molecule has 0 saturated carbocycles. The molecular weight excluding hydrogens is 603 g/mol. The molecule has 44 heavy (non-hydrogen) atoms. The maximum absolute atomic E-state index is 14.0. The number of carbonyl (C=O) groups excluding carboxylic acids is 3. The zero-order valence-corrected chi connectivity index (χ0v) is 25.6. The van der Waals surface area contributed by atoms with Gasteiger partial charge in [0.15, 0.2) is 0 Å². The Labute approximate surface area is 260 Å². The number of nitro groups is 1. The van der Waals surface area contributed by atoms with E-state index >= 15 is 0 Å². The summed E-state index contributed by atoms with van der Waals surface area (Å²) >= 11 is 2.09. The first kappa shape index (κ1) is 29.3. The number of hydrogen-bond donors (Lipinski definition) is 1. The molecule has 6 rings (SSSR count). The number of nitrogens with zero attached hydrogens (tertiary/aromatic N) is 4. The highest BCUT2D eigenvalue weighted by Gasteiger charge is 2.56. The number of para-hydroxylation sites is 1. The van der Waals surface area contributed by atoms with Crippen molar-refractivity contribution >= 4 is 63.6 Å². The van der Waals surface area contributed by atoms with Crippen LogP contribution in [0.25, 0.3) is 0 Å². The largest absolute Gasteiger partial charge is 0.378 e. The number of thiazole rings is 1. The Bertz CT molecular complexity index is 1870. The zero-order chi connectivity index (χ0) is 31.3. The number of nitro benzene ring substituents is 1. The average Bonchev–Trinajstić information content (AvgIpc) is 3.44. The number of imide groups is 1. The smallest absolute Gasteiger partial charge is 0.308 e. The Hall–Kier alpha value is -4.75. The van der Waals surface area contributed by atoms with E-state index in [0.29, 0.717) is 15.6 Å². The molecule has 11 nitrogen and oxygen atoms in total. The van der Waals surface area contributed by atoms with Gasteiger partial charge in [0.05, 0.1) is 21.6 Å². The van der Waals surface area contributed by atoms with Crippen LogP contribution in [0.4, 0.5) is 22.7 Å². The molecule has 13 heteroatoms. The van der Waals surface area contributed by atoms with Gasteiger partial charge >= 0.3 is 4.87 Å². The quantitative estimate of drug-likeness (QED) is 0.178. The molecule has 2 aliphatic heterocycles. The highest BCUT2D eigenvalue weighted by Crippen LogP contribution is 2.54. The predicted octanol–water partition coefficient (Wildman–Crippen LogP) is 4.63. The van der Waals surface area contributed by atoms with Gasteiger partial charge in [-0.1, -0.05) is 53.4 Å². The van der Waals surface area contributed by atoms with E-state index in [1.54, 1.807) is 6.07 Å². The number of thioether (sulfide) groups is 1. The molecular formula is C31H27N5O6S2. The van der Waals surface area contributed by atoms with Gasteiger partial charge in [-0.2, -0.15) is 0 Å². The van der Waals surface area contributed by atoms with E-state index in [-0.39, 0.29) is 22.8 Å². The number of aromatic nitrogens is 1. The van der Waals surface area contributed by atoms with Gasteiger partial charge in [-0.25, -0.2) is 4.90 Å². The molecule has 1 fully saturated rings. The van der Waals surface area contributed by atoms with Crippen LogP contribution in [0.1, 0.15) is 21.9 Å². The van der Waals surface area contributed by atoms with E-state index in [1.807, 2.05) is 68.4 Å². The molecule has 3 atom stereocenters. The van der Waals surface area contributed by atoms with Gasteiger partial charge < -0.3 is 10.2 Å². The predicted molar refractivity (Wildman–Crippen MR) is 170 cm³/mol. The number of aryl methyl sites for hydroxylation is 1. The lowest BCUT2D eigenvalue weighted by Crippen LogP contribution is -2.33. The first-order valence-electron chi connectivity index (χ1n) is 13.7. The SMILES string of the molecule is Cc1ccccc1NC(=O)Cn1c2c(sc1=O)[C@@H](c1ccc(N(C)C)cc1)[C@@H]1C(=O)N(c3ccc([N+](=O)[O-])cc3)C(=O)[C@@H]1S2. The summed E-state index contributed by atoms with van der Waals surface area (Å²) in [6.45, 7) is 1.61. The molecule has 0 spiro atoms. The lowest BCUT2D eigenvalue weighted by Gasteiger charge is -2.31. The lowest BCUT2D eigenvalue weighted by molar-refractivity contribution is -0.384. The van der Waals surface area contributed by atoms with Gasteiger partial charge in [0.2, 0.25) is 17.7 Å². The number of non-ortho nitro benzene ring substituents is 1. The summed E-state index contributed by atoms with van der Waals surface area (Å²) in [5, 5.41) is 13.7. The van der Waals surface area contributed by atoms with Crippen molar-refractivity contribution < 1.29 is 19.3 Å². The van der Waals surface area contributed by atoms with Crippen LogP contribution in [0.15, 0.2) is 82.6 Å². The number of fused-ring (bicyclic) bond motifs is 2. The third kappa shape index (κ3) is 5.07. The summed E-state index contributed by atoms with van der Waals surface area (Å²) in [5.41, 5.74) is 3.29. The fourth-order valence-electron chi connectivity index (χ4n) is 5.62. The molecule has 4 aromatic rings. The molecule has 1 aromatic heterocycles. The maximum atomic E-state index is 14.0. The van der Waals surface area contributed by atoms with Crippen molar-refractivity contribution in [1.29, 1.82) is 0 Å². The van der Waals surface area contributed by atoms with Gasteiger partial charge in [0.25, 0.3) is 5.69 Å². The van der Waals surface area contributed by atoms with Crippen molar-refractivity contribution in [3.05, 3.63) is 109 Å². The van der Waals surface area contributed by atoms with Crippen molar-refractivity contribution in [1.82, 2.24) is 4.57 Å². The van der Waals surface area contributed by atoms with E-state index in [2.05, 4.69) is 5.32 Å². The summed E-state index contributed by atoms with van der Waals surface area (Å²) in [6.07, 6.45) is 0. The number of nitrogens with one attached hydrogen (secondary N) is 1. The first-order chi connectivity index (χ1) is 21.0.